The van der Waals surface area contributed by atoms with Crippen molar-refractivity contribution in [2.75, 3.05) is 21.3 Å². The Bertz CT molecular complexity index is 328. The third-order valence-corrected chi connectivity index (χ3v) is 2.31. The summed E-state index contributed by atoms with van der Waals surface area (Å²) < 4.78 is 10.4. The van der Waals surface area contributed by atoms with Crippen LogP contribution in [0, 0.1) is 0 Å². The van der Waals surface area contributed by atoms with Crippen LogP contribution >= 0.6 is 0 Å². The molecule has 1 aromatic carbocycles. The topological polar surface area (TPSA) is 39.7 Å². The number of methoxy groups -OCH3 is 2. The van der Waals surface area contributed by atoms with Crippen molar-refractivity contribution >= 4 is 0 Å². The molecule has 0 spiro atoms. The van der Waals surface area contributed by atoms with Gasteiger partial charge in [0, 0.05) is 6.04 Å². The number of hydrogen-bond donors (Lipinski definition) is 1. The van der Waals surface area contributed by atoms with Crippen LogP contribution in [-0.4, -0.2) is 27.4 Å². The number of nitrogens with one attached hydrogen (secondary N) is 1. The summed E-state index contributed by atoms with van der Waals surface area (Å²) in [5.74, 6) is 1.50. The van der Waals surface area contributed by atoms with Gasteiger partial charge in [0.25, 0.3) is 0 Å². The summed E-state index contributed by atoms with van der Waals surface area (Å²) in [4.78, 5) is 4.87. The zero-order valence-electron chi connectivity index (χ0n) is 10.2. The van der Waals surface area contributed by atoms with Crippen molar-refractivity contribution in [1.82, 2.24) is 5.48 Å². The quantitative estimate of drug-likeness (QED) is 0.749. The summed E-state index contributed by atoms with van der Waals surface area (Å²) in [7, 11) is 4.89. The van der Waals surface area contributed by atoms with Crippen LogP contribution in [0.2, 0.25) is 0 Å². The van der Waals surface area contributed by atoms with Gasteiger partial charge in [0.1, 0.15) is 0 Å². The second-order valence-corrected chi connectivity index (χ2v) is 3.62. The number of hydroxylamine groups is 1. The Hall–Kier alpha value is -1.26. The van der Waals surface area contributed by atoms with Gasteiger partial charge in [-0.1, -0.05) is 6.07 Å². The van der Waals surface area contributed by atoms with Gasteiger partial charge in [-0.25, -0.2) is 0 Å². The van der Waals surface area contributed by atoms with E-state index in [4.69, 9.17) is 14.3 Å². The van der Waals surface area contributed by atoms with Crippen molar-refractivity contribution in [2.45, 2.75) is 19.4 Å². The normalized spacial score (nSPS) is 12.2. The van der Waals surface area contributed by atoms with Crippen molar-refractivity contribution in [3.8, 4) is 11.5 Å². The molecule has 0 aliphatic carbocycles. The maximum atomic E-state index is 5.24. The zero-order chi connectivity index (χ0) is 12.0. The van der Waals surface area contributed by atoms with Crippen LogP contribution in [0.25, 0.3) is 0 Å². The molecule has 0 aliphatic heterocycles. The minimum absolute atomic E-state index is 0.253. The average molecular weight is 225 g/mol. The van der Waals surface area contributed by atoms with Crippen LogP contribution < -0.4 is 15.0 Å². The van der Waals surface area contributed by atoms with Crippen LogP contribution in [0.3, 0.4) is 0 Å². The fourth-order valence-corrected chi connectivity index (χ4v) is 1.60. The Kier molecular flexibility index (Phi) is 5.08. The lowest BCUT2D eigenvalue weighted by atomic mass is 10.1. The molecular formula is C12H19NO3. The van der Waals surface area contributed by atoms with E-state index in [2.05, 4.69) is 12.4 Å². The van der Waals surface area contributed by atoms with E-state index in [1.165, 1.54) is 5.56 Å². The van der Waals surface area contributed by atoms with Crippen LogP contribution in [0.4, 0.5) is 0 Å². The molecular weight excluding hydrogens is 206 g/mol. The van der Waals surface area contributed by atoms with Crippen LogP contribution in [0.5, 0.6) is 11.5 Å². The highest BCUT2D eigenvalue weighted by atomic mass is 16.6. The Labute approximate surface area is 96.5 Å². The van der Waals surface area contributed by atoms with Gasteiger partial charge >= 0.3 is 0 Å². The van der Waals surface area contributed by atoms with E-state index in [0.717, 1.165) is 17.9 Å². The Morgan fingerprint density at radius 2 is 1.81 bits per heavy atom. The summed E-state index contributed by atoms with van der Waals surface area (Å²) >= 11 is 0. The third-order valence-electron chi connectivity index (χ3n) is 2.31. The van der Waals surface area contributed by atoms with E-state index in [9.17, 15) is 0 Å². The van der Waals surface area contributed by atoms with Crippen molar-refractivity contribution in [1.29, 1.82) is 0 Å². The molecule has 0 saturated heterocycles. The first-order valence-electron chi connectivity index (χ1n) is 5.20. The Morgan fingerprint density at radius 3 is 2.38 bits per heavy atom. The van der Waals surface area contributed by atoms with Gasteiger partial charge in [-0.15, -0.1) is 0 Å². The predicted octanol–water partition coefficient (Wildman–Crippen LogP) is 1.79. The molecule has 0 aliphatic rings. The number of benzene rings is 1. The van der Waals surface area contributed by atoms with Crippen molar-refractivity contribution in [2.24, 2.45) is 0 Å². The SMILES string of the molecule is CONC(C)Cc1ccc(OC)c(OC)c1. The van der Waals surface area contributed by atoms with Crippen molar-refractivity contribution < 1.29 is 14.3 Å². The van der Waals surface area contributed by atoms with Crippen LogP contribution in [0.1, 0.15) is 12.5 Å². The zero-order valence-corrected chi connectivity index (χ0v) is 10.2. The van der Waals surface area contributed by atoms with Gasteiger partial charge in [0.15, 0.2) is 11.5 Å². The molecule has 1 aromatic rings. The maximum absolute atomic E-state index is 5.24. The molecule has 1 atom stereocenters. The summed E-state index contributed by atoms with van der Waals surface area (Å²) in [6.07, 6.45) is 0.869. The number of rotatable bonds is 6. The lowest BCUT2D eigenvalue weighted by Gasteiger charge is -2.13. The summed E-state index contributed by atoms with van der Waals surface area (Å²) in [6, 6.07) is 6.17. The summed E-state index contributed by atoms with van der Waals surface area (Å²) in [5, 5.41) is 0. The molecule has 4 heteroatoms. The molecule has 90 valence electrons. The molecule has 0 fully saturated rings. The second kappa shape index (κ2) is 6.35. The van der Waals surface area contributed by atoms with E-state index in [1.807, 2.05) is 18.2 Å². The molecule has 1 unspecified atom stereocenters. The Morgan fingerprint density at radius 1 is 1.12 bits per heavy atom. The summed E-state index contributed by atoms with van der Waals surface area (Å²) in [5.41, 5.74) is 4.06. The summed E-state index contributed by atoms with van der Waals surface area (Å²) in [6.45, 7) is 2.06. The van der Waals surface area contributed by atoms with Gasteiger partial charge < -0.3 is 14.3 Å². The highest BCUT2D eigenvalue weighted by Crippen LogP contribution is 2.27. The molecule has 0 saturated carbocycles. The molecule has 0 radical (unpaired) electrons. The highest BCUT2D eigenvalue weighted by Gasteiger charge is 2.07. The molecule has 0 heterocycles. The standard InChI is InChI=1S/C12H19NO3/c1-9(13-16-4)7-10-5-6-11(14-2)12(8-10)15-3/h5-6,8-9,13H,7H2,1-4H3. The third kappa shape index (κ3) is 3.40. The van der Waals surface area contributed by atoms with Gasteiger partial charge in [0.2, 0.25) is 0 Å². The first-order valence-corrected chi connectivity index (χ1v) is 5.20. The maximum Gasteiger partial charge on any atom is 0.160 e. The fraction of sp³-hybridized carbons (Fsp3) is 0.500. The minimum atomic E-state index is 0.253. The van der Waals surface area contributed by atoms with E-state index in [0.29, 0.717) is 0 Å². The molecule has 0 bridgehead atoms. The molecule has 1 N–H and O–H groups in total. The van der Waals surface area contributed by atoms with Crippen LogP contribution in [-0.2, 0) is 11.3 Å². The number of hydrogen-bond acceptors (Lipinski definition) is 4. The fourth-order valence-electron chi connectivity index (χ4n) is 1.60. The second-order valence-electron chi connectivity index (χ2n) is 3.62. The molecule has 1 rings (SSSR count). The van der Waals surface area contributed by atoms with E-state index in [1.54, 1.807) is 21.3 Å². The van der Waals surface area contributed by atoms with Gasteiger partial charge in [-0.3, -0.25) is 0 Å². The smallest absolute Gasteiger partial charge is 0.160 e. The highest BCUT2D eigenvalue weighted by molar-refractivity contribution is 5.43. The van der Waals surface area contributed by atoms with Crippen molar-refractivity contribution in [3.05, 3.63) is 23.8 Å². The lowest BCUT2D eigenvalue weighted by Crippen LogP contribution is -2.26. The molecule has 0 amide bonds. The van der Waals surface area contributed by atoms with Gasteiger partial charge in [-0.05, 0) is 31.0 Å². The average Bonchev–Trinajstić information content (AvgIpc) is 2.29. The largest absolute Gasteiger partial charge is 0.493 e. The van der Waals surface area contributed by atoms with Gasteiger partial charge in [0.05, 0.1) is 21.3 Å². The molecule has 16 heavy (non-hydrogen) atoms. The monoisotopic (exact) mass is 225 g/mol. The minimum Gasteiger partial charge on any atom is -0.493 e. The Balaban J connectivity index is 2.74. The molecule has 0 aromatic heterocycles. The van der Waals surface area contributed by atoms with E-state index < -0.39 is 0 Å². The predicted molar refractivity (Wildman–Crippen MR) is 62.9 cm³/mol. The first kappa shape index (κ1) is 12.8. The molecule has 4 nitrogen and oxygen atoms in total. The van der Waals surface area contributed by atoms with Crippen LogP contribution in [0.15, 0.2) is 18.2 Å². The lowest BCUT2D eigenvalue weighted by molar-refractivity contribution is 0.0661. The first-order chi connectivity index (χ1) is 7.71. The number of ether oxygens (including phenoxy) is 2. The van der Waals surface area contributed by atoms with E-state index >= 15 is 0 Å². The van der Waals surface area contributed by atoms with E-state index in [-0.39, 0.29) is 6.04 Å². The van der Waals surface area contributed by atoms with Gasteiger partial charge in [-0.2, -0.15) is 5.48 Å². The van der Waals surface area contributed by atoms with Crippen molar-refractivity contribution in [3.63, 3.8) is 0 Å².